The number of carbonyl (C=O) groups excluding carboxylic acids is 2. The molecule has 1 fully saturated rings. The van der Waals surface area contributed by atoms with Gasteiger partial charge in [0.1, 0.15) is 12.2 Å². The predicted octanol–water partition coefficient (Wildman–Crippen LogP) is 3.12. The van der Waals surface area contributed by atoms with Crippen LogP contribution in [0.1, 0.15) is 65.2 Å². The summed E-state index contributed by atoms with van der Waals surface area (Å²) in [6, 6.07) is 0. The van der Waals surface area contributed by atoms with Crippen LogP contribution in [0.4, 0.5) is 0 Å². The predicted molar refractivity (Wildman–Crippen MR) is 95.9 cm³/mol. The number of fused-ring (bicyclic) bond motifs is 3. The van der Waals surface area contributed by atoms with Gasteiger partial charge < -0.3 is 10.2 Å². The van der Waals surface area contributed by atoms with Gasteiger partial charge in [0.25, 0.3) is 0 Å². The lowest BCUT2D eigenvalue weighted by molar-refractivity contribution is -0.142. The Balaban J connectivity index is 1.95. The molecule has 138 valence electrons. The van der Waals surface area contributed by atoms with Gasteiger partial charge in [0, 0.05) is 11.8 Å². The van der Waals surface area contributed by atoms with Crippen LogP contribution in [0.5, 0.6) is 0 Å². The molecule has 0 aromatic rings. The maximum atomic E-state index is 12.0. The lowest BCUT2D eigenvalue weighted by atomic mass is 9.57. The Hall–Kier alpha value is -1.26. The molecule has 4 unspecified atom stereocenters. The van der Waals surface area contributed by atoms with Crippen molar-refractivity contribution in [1.29, 1.82) is 0 Å². The van der Waals surface area contributed by atoms with Crippen molar-refractivity contribution in [3.63, 3.8) is 0 Å². The van der Waals surface area contributed by atoms with E-state index in [1.165, 1.54) is 11.1 Å². The van der Waals surface area contributed by atoms with Crippen LogP contribution >= 0.6 is 0 Å². The highest BCUT2D eigenvalue weighted by molar-refractivity contribution is 5.92. The zero-order chi connectivity index (χ0) is 18.2. The Labute approximate surface area is 150 Å². The zero-order valence-electron chi connectivity index (χ0n) is 15.4. The third-order valence-corrected chi connectivity index (χ3v) is 6.96. The molecular weight excluding hydrogens is 316 g/mol. The van der Waals surface area contributed by atoms with E-state index in [0.29, 0.717) is 37.5 Å². The molecule has 0 saturated heterocycles. The maximum absolute atomic E-state index is 12.0. The van der Waals surface area contributed by atoms with Crippen LogP contribution in [0.3, 0.4) is 0 Å². The van der Waals surface area contributed by atoms with Crippen LogP contribution in [0, 0.1) is 17.3 Å². The topological polar surface area (TPSA) is 74.6 Å². The summed E-state index contributed by atoms with van der Waals surface area (Å²) in [7, 11) is 0. The first-order valence-electron chi connectivity index (χ1n) is 9.61. The fraction of sp³-hybridized carbons (Fsp3) is 0.714. The number of ketones is 2. The van der Waals surface area contributed by atoms with Crippen molar-refractivity contribution in [2.75, 3.05) is 6.61 Å². The second-order valence-corrected chi connectivity index (χ2v) is 8.44. The molecule has 0 spiro atoms. The number of Topliss-reactive ketones (excluding diaryl/α,β-unsaturated/α-hetero) is 1. The Bertz CT molecular complexity index is 632. The number of hydrogen-bond donors (Lipinski definition) is 2. The van der Waals surface area contributed by atoms with E-state index in [2.05, 4.69) is 19.9 Å². The van der Waals surface area contributed by atoms with Gasteiger partial charge in [0.05, 0.1) is 0 Å². The highest BCUT2D eigenvalue weighted by atomic mass is 16.3. The van der Waals surface area contributed by atoms with E-state index in [9.17, 15) is 19.8 Å². The Morgan fingerprint density at radius 1 is 1.24 bits per heavy atom. The van der Waals surface area contributed by atoms with Gasteiger partial charge in [-0.1, -0.05) is 31.1 Å². The second kappa shape index (κ2) is 6.81. The second-order valence-electron chi connectivity index (χ2n) is 8.44. The Kier molecular flexibility index (Phi) is 5.04. The van der Waals surface area contributed by atoms with Crippen LogP contribution in [-0.4, -0.2) is 34.0 Å². The van der Waals surface area contributed by atoms with Gasteiger partial charge in [-0.05, 0) is 62.9 Å². The summed E-state index contributed by atoms with van der Waals surface area (Å²) in [5.41, 5.74) is 1.22. The molecule has 0 aromatic heterocycles. The summed E-state index contributed by atoms with van der Waals surface area (Å²) in [4.78, 5) is 23.9. The number of carbonyl (C=O) groups is 2. The van der Waals surface area contributed by atoms with Crippen LogP contribution in [-0.2, 0) is 9.59 Å². The van der Waals surface area contributed by atoms with Crippen LogP contribution in [0.2, 0.25) is 0 Å². The Morgan fingerprint density at radius 2 is 2.00 bits per heavy atom. The van der Waals surface area contributed by atoms with E-state index in [0.717, 1.165) is 25.7 Å². The van der Waals surface area contributed by atoms with Gasteiger partial charge in [-0.2, -0.15) is 0 Å². The first kappa shape index (κ1) is 18.5. The van der Waals surface area contributed by atoms with E-state index in [-0.39, 0.29) is 11.2 Å². The van der Waals surface area contributed by atoms with E-state index < -0.39 is 18.0 Å². The molecule has 0 bridgehead atoms. The molecule has 25 heavy (non-hydrogen) atoms. The molecule has 0 radical (unpaired) electrons. The van der Waals surface area contributed by atoms with Crippen LogP contribution < -0.4 is 0 Å². The number of allylic oxidation sites excluding steroid dienone is 4. The van der Waals surface area contributed by atoms with Crippen molar-refractivity contribution in [3.05, 3.63) is 23.3 Å². The maximum Gasteiger partial charge on any atom is 0.189 e. The summed E-state index contributed by atoms with van der Waals surface area (Å²) in [6.07, 6.45) is 9.76. The molecule has 1 saturated carbocycles. The van der Waals surface area contributed by atoms with Crippen molar-refractivity contribution in [2.24, 2.45) is 17.3 Å². The lowest BCUT2D eigenvalue weighted by Crippen LogP contribution is -2.41. The molecule has 3 aliphatic rings. The standard InChI is InChI=1S/C21H30O4/c1-14-7-11-21(25,19(24)13-22)9-3-4-18-17(14)6-5-15-12-16(23)8-10-20(15,18)2/h4,12,14,17,22,25H,3,5-11,13H2,1-2H3. The fourth-order valence-electron chi connectivity index (χ4n) is 5.17. The third kappa shape index (κ3) is 3.26. The summed E-state index contributed by atoms with van der Waals surface area (Å²) < 4.78 is 0. The minimum Gasteiger partial charge on any atom is -0.388 e. The van der Waals surface area contributed by atoms with Crippen LogP contribution in [0.25, 0.3) is 0 Å². The first-order chi connectivity index (χ1) is 11.8. The largest absolute Gasteiger partial charge is 0.388 e. The van der Waals surface area contributed by atoms with Gasteiger partial charge in [-0.3, -0.25) is 9.59 Å². The normalized spacial score (nSPS) is 39.1. The summed E-state index contributed by atoms with van der Waals surface area (Å²) >= 11 is 0. The van der Waals surface area contributed by atoms with E-state index in [1.54, 1.807) is 0 Å². The van der Waals surface area contributed by atoms with Gasteiger partial charge in [-0.25, -0.2) is 0 Å². The fourth-order valence-corrected chi connectivity index (χ4v) is 5.17. The van der Waals surface area contributed by atoms with Crippen molar-refractivity contribution < 1.29 is 19.8 Å². The van der Waals surface area contributed by atoms with Crippen molar-refractivity contribution >= 4 is 11.6 Å². The third-order valence-electron chi connectivity index (χ3n) is 6.96. The molecule has 4 nitrogen and oxygen atoms in total. The molecule has 3 rings (SSSR count). The smallest absolute Gasteiger partial charge is 0.189 e. The molecular formula is C21H30O4. The van der Waals surface area contributed by atoms with Gasteiger partial charge in [0.15, 0.2) is 11.6 Å². The molecule has 4 atom stereocenters. The summed E-state index contributed by atoms with van der Waals surface area (Å²) in [5, 5.41) is 20.0. The molecule has 0 heterocycles. The molecule has 0 aromatic carbocycles. The number of aliphatic hydroxyl groups excluding tert-OH is 1. The molecule has 0 amide bonds. The average molecular weight is 346 g/mol. The van der Waals surface area contributed by atoms with Crippen molar-refractivity contribution in [2.45, 2.75) is 70.8 Å². The number of hydrogen-bond acceptors (Lipinski definition) is 4. The first-order valence-corrected chi connectivity index (χ1v) is 9.61. The van der Waals surface area contributed by atoms with E-state index >= 15 is 0 Å². The molecule has 3 aliphatic carbocycles. The van der Waals surface area contributed by atoms with Crippen LogP contribution in [0.15, 0.2) is 23.3 Å². The Morgan fingerprint density at radius 3 is 2.72 bits per heavy atom. The molecule has 0 aliphatic heterocycles. The van der Waals surface area contributed by atoms with E-state index in [4.69, 9.17) is 0 Å². The number of rotatable bonds is 2. The quantitative estimate of drug-likeness (QED) is 0.753. The van der Waals surface area contributed by atoms with Gasteiger partial charge >= 0.3 is 0 Å². The van der Waals surface area contributed by atoms with Crippen molar-refractivity contribution in [1.82, 2.24) is 0 Å². The zero-order valence-corrected chi connectivity index (χ0v) is 15.4. The monoisotopic (exact) mass is 346 g/mol. The molecule has 2 N–H and O–H groups in total. The van der Waals surface area contributed by atoms with Gasteiger partial charge in [-0.15, -0.1) is 0 Å². The van der Waals surface area contributed by atoms with Crippen molar-refractivity contribution in [3.8, 4) is 0 Å². The highest BCUT2D eigenvalue weighted by Gasteiger charge is 2.45. The SMILES string of the molecule is CC1CCC(O)(C(=O)CO)CCC=C2C1CCC1=CC(=O)CCC12C. The summed E-state index contributed by atoms with van der Waals surface area (Å²) in [5.74, 6) is 0.601. The number of aliphatic hydroxyl groups is 2. The molecule has 4 heteroatoms. The van der Waals surface area contributed by atoms with Gasteiger partial charge in [0.2, 0.25) is 0 Å². The minimum absolute atomic E-state index is 0.0471. The summed E-state index contributed by atoms with van der Waals surface area (Å²) in [6.45, 7) is 3.87. The highest BCUT2D eigenvalue weighted by Crippen LogP contribution is 2.55. The lowest BCUT2D eigenvalue weighted by Gasteiger charge is -2.47. The average Bonchev–Trinajstić information content (AvgIpc) is 2.65. The minimum atomic E-state index is -1.41. The van der Waals surface area contributed by atoms with E-state index in [1.807, 2.05) is 6.08 Å².